The van der Waals surface area contributed by atoms with Crippen LogP contribution < -0.4 is 0 Å². The van der Waals surface area contributed by atoms with E-state index in [-0.39, 0.29) is 10.8 Å². The molecule has 0 unspecified atom stereocenters. The number of hydrogen-bond acceptors (Lipinski definition) is 2. The molecule has 0 saturated heterocycles. The number of hydrogen-bond donors (Lipinski definition) is 0. The van der Waals surface area contributed by atoms with Crippen LogP contribution >= 0.6 is 0 Å². The molecule has 0 N–H and O–H groups in total. The summed E-state index contributed by atoms with van der Waals surface area (Å²) in [6.07, 6.45) is 0. The van der Waals surface area contributed by atoms with E-state index < -0.39 is 0 Å². The number of nitrogens with zero attached hydrogens (tertiary/aromatic N) is 4. The standard InChI is InChI=1S/C80H54N4/c1-79(2)66-29-9-5-23-56(66)58-37-35-54(45-68(58)79)83-70-31-11-7-25-60(70)64-43-50(33-39-72(64)83)48-19-13-21-52(41-48)76-75-62-27-15-17-47-18-16-28-63(74(47)62)77(75)82-78(81-76)53-22-14-20-49(42-53)51-34-40-73-65(44-51)61-26-8-12-32-71(61)84(73)55-36-38-59-57-24-6-10-30-67(57)80(3,4)69(59)46-55/h5-46H,1-4H3. The van der Waals surface area contributed by atoms with Gasteiger partial charge >= 0.3 is 0 Å². The lowest BCUT2D eigenvalue weighted by Crippen LogP contribution is -2.15. The molecule has 0 aliphatic heterocycles. The van der Waals surface area contributed by atoms with Crippen molar-refractivity contribution in [1.29, 1.82) is 0 Å². The highest BCUT2D eigenvalue weighted by atomic mass is 15.0. The zero-order chi connectivity index (χ0) is 55.7. The maximum Gasteiger partial charge on any atom is 0.160 e. The Balaban J connectivity index is 0.747. The van der Waals surface area contributed by atoms with Crippen molar-refractivity contribution in [2.24, 2.45) is 0 Å². The molecule has 0 atom stereocenters. The van der Waals surface area contributed by atoms with E-state index in [0.29, 0.717) is 5.82 Å². The molecule has 0 spiro atoms. The average molecular weight is 1070 g/mol. The van der Waals surface area contributed by atoms with Crippen LogP contribution in [0.5, 0.6) is 0 Å². The van der Waals surface area contributed by atoms with Gasteiger partial charge in [-0.3, -0.25) is 0 Å². The highest BCUT2D eigenvalue weighted by Gasteiger charge is 2.37. The zero-order valence-corrected chi connectivity index (χ0v) is 47.0. The molecule has 0 amide bonds. The van der Waals surface area contributed by atoms with Crippen LogP contribution in [-0.2, 0) is 10.8 Å². The molecule has 0 radical (unpaired) electrons. The van der Waals surface area contributed by atoms with Crippen LogP contribution in [0.2, 0.25) is 0 Å². The molecule has 0 saturated carbocycles. The molecule has 15 aromatic rings. The molecular formula is C80H54N4. The van der Waals surface area contributed by atoms with E-state index in [2.05, 4.69) is 292 Å². The fraction of sp³-hybridized carbons (Fsp3) is 0.0750. The number of fused-ring (bicyclic) bond motifs is 15. The fourth-order valence-electron chi connectivity index (χ4n) is 15.2. The normalized spacial score (nSPS) is 13.9. The van der Waals surface area contributed by atoms with Gasteiger partial charge in [-0.25, -0.2) is 9.97 Å². The van der Waals surface area contributed by atoms with Crippen molar-refractivity contribution < 1.29 is 0 Å². The molecule has 394 valence electrons. The predicted octanol–water partition coefficient (Wildman–Crippen LogP) is 20.8. The van der Waals surface area contributed by atoms with Crippen molar-refractivity contribution in [3.63, 3.8) is 0 Å². The molecule has 3 aromatic heterocycles. The van der Waals surface area contributed by atoms with Crippen molar-refractivity contribution in [2.45, 2.75) is 38.5 Å². The van der Waals surface area contributed by atoms with Gasteiger partial charge in [-0.2, -0.15) is 0 Å². The molecule has 3 aliphatic carbocycles. The number of aromatic nitrogens is 4. The quantitative estimate of drug-likeness (QED) is 0.166. The third kappa shape index (κ3) is 6.54. The summed E-state index contributed by atoms with van der Waals surface area (Å²) in [6, 6.07) is 94.6. The van der Waals surface area contributed by atoms with Gasteiger partial charge in [-0.1, -0.05) is 210 Å². The Morgan fingerprint density at radius 1 is 0.286 bits per heavy atom. The van der Waals surface area contributed by atoms with Gasteiger partial charge in [0, 0.05) is 66.0 Å². The van der Waals surface area contributed by atoms with Gasteiger partial charge in [0.2, 0.25) is 0 Å². The first-order valence-electron chi connectivity index (χ1n) is 29.4. The summed E-state index contributed by atoms with van der Waals surface area (Å²) >= 11 is 0. The van der Waals surface area contributed by atoms with Crippen molar-refractivity contribution in [3.05, 3.63) is 277 Å². The first-order chi connectivity index (χ1) is 41.2. The Morgan fingerprint density at radius 3 is 1.30 bits per heavy atom. The van der Waals surface area contributed by atoms with Crippen molar-refractivity contribution >= 4 is 54.4 Å². The Bertz CT molecular complexity index is 5390. The lowest BCUT2D eigenvalue weighted by molar-refractivity contribution is 0.660. The smallest absolute Gasteiger partial charge is 0.160 e. The lowest BCUT2D eigenvalue weighted by atomic mass is 9.82. The van der Waals surface area contributed by atoms with E-state index in [1.807, 2.05) is 0 Å². The fourth-order valence-corrected chi connectivity index (χ4v) is 15.2. The van der Waals surface area contributed by atoms with Crippen molar-refractivity contribution in [3.8, 4) is 101 Å². The van der Waals surface area contributed by atoms with E-state index in [1.165, 1.54) is 116 Å². The molecular weight excluding hydrogens is 1020 g/mol. The summed E-state index contributed by atoms with van der Waals surface area (Å²) in [5.41, 5.74) is 29.6. The Hall–Kier alpha value is -10.4. The molecule has 0 bridgehead atoms. The minimum atomic E-state index is -0.0971. The summed E-state index contributed by atoms with van der Waals surface area (Å²) in [5.74, 6) is 0.702. The number of rotatable bonds is 6. The summed E-state index contributed by atoms with van der Waals surface area (Å²) < 4.78 is 4.90. The molecule has 4 heteroatoms. The molecule has 18 rings (SSSR count). The largest absolute Gasteiger partial charge is 0.309 e. The second-order valence-electron chi connectivity index (χ2n) is 24.5. The molecule has 3 heterocycles. The van der Waals surface area contributed by atoms with E-state index >= 15 is 0 Å². The highest BCUT2D eigenvalue weighted by Crippen LogP contribution is 2.53. The van der Waals surface area contributed by atoms with Crippen molar-refractivity contribution in [2.75, 3.05) is 0 Å². The maximum absolute atomic E-state index is 5.66. The molecule has 3 aliphatic rings. The number of para-hydroxylation sites is 2. The number of benzene rings is 12. The van der Waals surface area contributed by atoms with Crippen LogP contribution in [0.1, 0.15) is 49.9 Å². The Morgan fingerprint density at radius 2 is 0.714 bits per heavy atom. The highest BCUT2D eigenvalue weighted by molar-refractivity contribution is 6.17. The SMILES string of the molecule is CC1(C)c2ccccc2-c2ccc(-n3c4ccccc4c4cc(-c5cccc(-c6nc(-c7cccc(-c8ccc9c(c8)c8ccccc8n9-c8ccc9c(c8)C(C)(C)c8ccccc8-9)c7)c7c(n6)-c6cccc8cccc-7c68)c5)ccc43)cc21. The third-order valence-electron chi connectivity index (χ3n) is 19.3. The van der Waals surface area contributed by atoms with Gasteiger partial charge in [0.05, 0.1) is 33.5 Å². The third-order valence-corrected chi connectivity index (χ3v) is 19.3. The first kappa shape index (κ1) is 47.2. The molecule has 12 aromatic carbocycles. The zero-order valence-electron chi connectivity index (χ0n) is 47.0. The van der Waals surface area contributed by atoms with Crippen molar-refractivity contribution in [1.82, 2.24) is 19.1 Å². The van der Waals surface area contributed by atoms with Crippen LogP contribution in [0.3, 0.4) is 0 Å². The monoisotopic (exact) mass is 1070 g/mol. The molecule has 4 nitrogen and oxygen atoms in total. The van der Waals surface area contributed by atoms with E-state index in [9.17, 15) is 0 Å². The van der Waals surface area contributed by atoms with Gasteiger partial charge in [0.25, 0.3) is 0 Å². The van der Waals surface area contributed by atoms with Gasteiger partial charge in [0.1, 0.15) is 0 Å². The van der Waals surface area contributed by atoms with Crippen LogP contribution in [0.25, 0.3) is 155 Å². The first-order valence-corrected chi connectivity index (χ1v) is 29.4. The van der Waals surface area contributed by atoms with E-state index in [4.69, 9.17) is 9.97 Å². The van der Waals surface area contributed by atoms with Crippen LogP contribution in [0.15, 0.2) is 255 Å². The second kappa shape index (κ2) is 17.1. The lowest BCUT2D eigenvalue weighted by Gasteiger charge is -2.22. The molecule has 84 heavy (non-hydrogen) atoms. The van der Waals surface area contributed by atoms with Gasteiger partial charge in [-0.05, 0) is 156 Å². The van der Waals surface area contributed by atoms with Crippen LogP contribution in [0, 0.1) is 0 Å². The summed E-state index contributed by atoms with van der Waals surface area (Å²) in [6.45, 7) is 9.44. The molecule has 0 fully saturated rings. The summed E-state index contributed by atoms with van der Waals surface area (Å²) in [5, 5.41) is 7.34. The Kier molecular flexibility index (Phi) is 9.60. The summed E-state index contributed by atoms with van der Waals surface area (Å²) in [7, 11) is 0. The van der Waals surface area contributed by atoms with Gasteiger partial charge < -0.3 is 9.13 Å². The van der Waals surface area contributed by atoms with E-state index in [0.717, 1.165) is 55.9 Å². The predicted molar refractivity (Wildman–Crippen MR) is 350 cm³/mol. The minimum absolute atomic E-state index is 0.0964. The van der Waals surface area contributed by atoms with Crippen LogP contribution in [-0.4, -0.2) is 19.1 Å². The minimum Gasteiger partial charge on any atom is -0.309 e. The average Bonchev–Trinajstić information content (AvgIpc) is 2.00. The topological polar surface area (TPSA) is 35.6 Å². The van der Waals surface area contributed by atoms with E-state index in [1.54, 1.807) is 0 Å². The summed E-state index contributed by atoms with van der Waals surface area (Å²) in [4.78, 5) is 11.2. The Labute approximate surface area is 487 Å². The van der Waals surface area contributed by atoms with Gasteiger partial charge in [-0.15, -0.1) is 0 Å². The van der Waals surface area contributed by atoms with Crippen LogP contribution in [0.4, 0.5) is 0 Å². The maximum atomic E-state index is 5.66. The second-order valence-corrected chi connectivity index (χ2v) is 24.5. The van der Waals surface area contributed by atoms with Gasteiger partial charge in [0.15, 0.2) is 5.82 Å².